The highest BCUT2D eigenvalue weighted by Crippen LogP contribution is 2.16. The van der Waals surface area contributed by atoms with E-state index in [4.69, 9.17) is 6.42 Å². The van der Waals surface area contributed by atoms with Gasteiger partial charge < -0.3 is 0 Å². The number of hydrogen-bond acceptors (Lipinski definition) is 0. The zero-order valence-electron chi connectivity index (χ0n) is 9.31. The molecular formula is C13H24. The number of terminal acetylenes is 1. The van der Waals surface area contributed by atoms with Crippen molar-refractivity contribution in [3.8, 4) is 12.3 Å². The molecule has 1 atom stereocenters. The maximum atomic E-state index is 5.48. The lowest BCUT2D eigenvalue weighted by Crippen LogP contribution is -1.96. The van der Waals surface area contributed by atoms with Crippen molar-refractivity contribution in [1.29, 1.82) is 0 Å². The normalized spacial score (nSPS) is 12.4. The molecule has 0 nitrogen and oxygen atoms in total. The molecule has 0 spiro atoms. The summed E-state index contributed by atoms with van der Waals surface area (Å²) >= 11 is 0. The number of unbranched alkanes of at least 4 members (excludes halogenated alkanes) is 4. The minimum Gasteiger partial charge on any atom is -0.120 e. The van der Waals surface area contributed by atoms with Gasteiger partial charge in [0.05, 0.1) is 0 Å². The van der Waals surface area contributed by atoms with E-state index in [1.165, 1.54) is 51.4 Å². The zero-order valence-corrected chi connectivity index (χ0v) is 9.31. The van der Waals surface area contributed by atoms with Crippen LogP contribution in [0.1, 0.15) is 65.2 Å². The Balaban J connectivity index is 3.32. The van der Waals surface area contributed by atoms with E-state index >= 15 is 0 Å². The van der Waals surface area contributed by atoms with Gasteiger partial charge in [-0.2, -0.15) is 0 Å². The highest BCUT2D eigenvalue weighted by Gasteiger charge is 2.03. The second-order valence-corrected chi connectivity index (χ2v) is 3.86. The minimum atomic E-state index is 0.553. The third kappa shape index (κ3) is 7.91. The Morgan fingerprint density at radius 3 is 2.08 bits per heavy atom. The maximum absolute atomic E-state index is 5.48. The van der Waals surface area contributed by atoms with Crippen LogP contribution in [0.5, 0.6) is 0 Å². The van der Waals surface area contributed by atoms with E-state index in [-0.39, 0.29) is 0 Å². The third-order valence-electron chi connectivity index (χ3n) is 2.55. The molecule has 0 aromatic heterocycles. The van der Waals surface area contributed by atoms with Crippen molar-refractivity contribution in [3.05, 3.63) is 0 Å². The Morgan fingerprint density at radius 2 is 1.54 bits per heavy atom. The second kappa shape index (κ2) is 9.65. The van der Waals surface area contributed by atoms with Crippen molar-refractivity contribution >= 4 is 0 Å². The average molecular weight is 180 g/mol. The van der Waals surface area contributed by atoms with Crippen molar-refractivity contribution in [2.24, 2.45) is 5.92 Å². The summed E-state index contributed by atoms with van der Waals surface area (Å²) in [6.45, 7) is 4.47. The summed E-state index contributed by atoms with van der Waals surface area (Å²) in [7, 11) is 0. The first-order chi connectivity index (χ1) is 6.35. The first-order valence-electron chi connectivity index (χ1n) is 5.81. The van der Waals surface area contributed by atoms with Gasteiger partial charge in [0.25, 0.3) is 0 Å². The van der Waals surface area contributed by atoms with Gasteiger partial charge in [0, 0.05) is 5.92 Å². The van der Waals surface area contributed by atoms with Crippen LogP contribution in [0, 0.1) is 18.3 Å². The molecule has 0 aliphatic rings. The van der Waals surface area contributed by atoms with Gasteiger partial charge in [-0.15, -0.1) is 12.3 Å². The molecule has 13 heavy (non-hydrogen) atoms. The molecule has 0 aliphatic heterocycles. The third-order valence-corrected chi connectivity index (χ3v) is 2.55. The van der Waals surface area contributed by atoms with Gasteiger partial charge in [-0.25, -0.2) is 0 Å². The van der Waals surface area contributed by atoms with E-state index in [9.17, 15) is 0 Å². The Bertz CT molecular complexity index is 129. The highest BCUT2D eigenvalue weighted by molar-refractivity contribution is 4.92. The largest absolute Gasteiger partial charge is 0.120 e. The predicted octanol–water partition coefficient (Wildman–Crippen LogP) is 4.40. The molecule has 1 unspecified atom stereocenters. The molecule has 0 fully saturated rings. The summed E-state index contributed by atoms with van der Waals surface area (Å²) in [4.78, 5) is 0. The van der Waals surface area contributed by atoms with Crippen LogP contribution in [-0.2, 0) is 0 Å². The van der Waals surface area contributed by atoms with Crippen LogP contribution in [0.25, 0.3) is 0 Å². The van der Waals surface area contributed by atoms with Crippen molar-refractivity contribution in [2.75, 3.05) is 0 Å². The summed E-state index contributed by atoms with van der Waals surface area (Å²) in [6.07, 6.45) is 15.9. The Labute approximate surface area is 84.1 Å². The molecule has 0 aromatic carbocycles. The van der Waals surface area contributed by atoms with Crippen LogP contribution in [0.3, 0.4) is 0 Å². The highest BCUT2D eigenvalue weighted by atomic mass is 14.1. The molecule has 0 saturated heterocycles. The SMILES string of the molecule is C#CC(CCCC)CCCCCC. The monoisotopic (exact) mass is 180 g/mol. The van der Waals surface area contributed by atoms with Gasteiger partial charge in [-0.1, -0.05) is 52.4 Å². The fourth-order valence-electron chi connectivity index (χ4n) is 1.58. The van der Waals surface area contributed by atoms with E-state index < -0.39 is 0 Å². The fraction of sp³-hybridized carbons (Fsp3) is 0.846. The number of rotatable bonds is 8. The Hall–Kier alpha value is -0.440. The summed E-state index contributed by atoms with van der Waals surface area (Å²) in [5, 5.41) is 0. The van der Waals surface area contributed by atoms with Crippen LogP contribution in [-0.4, -0.2) is 0 Å². The summed E-state index contributed by atoms with van der Waals surface area (Å²) in [6, 6.07) is 0. The molecule has 0 N–H and O–H groups in total. The van der Waals surface area contributed by atoms with E-state index in [0.717, 1.165) is 0 Å². The van der Waals surface area contributed by atoms with Crippen LogP contribution < -0.4 is 0 Å². The van der Waals surface area contributed by atoms with Crippen molar-refractivity contribution < 1.29 is 0 Å². The quantitative estimate of drug-likeness (QED) is 0.384. The molecule has 76 valence electrons. The Morgan fingerprint density at radius 1 is 0.923 bits per heavy atom. The number of hydrogen-bond donors (Lipinski definition) is 0. The molecule has 0 heteroatoms. The van der Waals surface area contributed by atoms with Gasteiger partial charge in [0.1, 0.15) is 0 Å². The standard InChI is InChI=1S/C13H24/c1-4-7-9-10-12-13(6-3)11-8-5-2/h3,13H,4-5,7-12H2,1-2H3. The molecule has 0 rings (SSSR count). The van der Waals surface area contributed by atoms with Crippen molar-refractivity contribution in [1.82, 2.24) is 0 Å². The van der Waals surface area contributed by atoms with Gasteiger partial charge in [-0.3, -0.25) is 0 Å². The van der Waals surface area contributed by atoms with Gasteiger partial charge >= 0.3 is 0 Å². The molecule has 0 radical (unpaired) electrons. The minimum absolute atomic E-state index is 0.553. The molecule has 0 amide bonds. The van der Waals surface area contributed by atoms with E-state index in [2.05, 4.69) is 19.8 Å². The molecular weight excluding hydrogens is 156 g/mol. The summed E-state index contributed by atoms with van der Waals surface area (Å²) in [5.74, 6) is 3.47. The fourth-order valence-corrected chi connectivity index (χ4v) is 1.58. The predicted molar refractivity (Wildman–Crippen MR) is 60.6 cm³/mol. The van der Waals surface area contributed by atoms with Gasteiger partial charge in [0.15, 0.2) is 0 Å². The molecule has 0 aromatic rings. The topological polar surface area (TPSA) is 0 Å². The lowest BCUT2D eigenvalue weighted by atomic mass is 9.96. The average Bonchev–Trinajstić information content (AvgIpc) is 2.17. The second-order valence-electron chi connectivity index (χ2n) is 3.86. The van der Waals surface area contributed by atoms with Crippen LogP contribution >= 0.6 is 0 Å². The van der Waals surface area contributed by atoms with E-state index in [1.54, 1.807) is 0 Å². The van der Waals surface area contributed by atoms with Gasteiger partial charge in [0.2, 0.25) is 0 Å². The van der Waals surface area contributed by atoms with Crippen molar-refractivity contribution in [2.45, 2.75) is 65.2 Å². The van der Waals surface area contributed by atoms with Gasteiger partial charge in [-0.05, 0) is 12.8 Å². The smallest absolute Gasteiger partial charge is 0.0200 e. The molecule has 0 aliphatic carbocycles. The summed E-state index contributed by atoms with van der Waals surface area (Å²) < 4.78 is 0. The molecule has 0 heterocycles. The van der Waals surface area contributed by atoms with Crippen LogP contribution in [0.4, 0.5) is 0 Å². The van der Waals surface area contributed by atoms with Crippen LogP contribution in [0.2, 0.25) is 0 Å². The zero-order chi connectivity index (χ0) is 9.94. The lowest BCUT2D eigenvalue weighted by molar-refractivity contribution is 0.496. The summed E-state index contributed by atoms with van der Waals surface area (Å²) in [5.41, 5.74) is 0. The maximum Gasteiger partial charge on any atom is 0.0200 e. The van der Waals surface area contributed by atoms with E-state index in [0.29, 0.717) is 5.92 Å². The van der Waals surface area contributed by atoms with E-state index in [1.807, 2.05) is 0 Å². The first kappa shape index (κ1) is 12.6. The molecule has 0 saturated carbocycles. The van der Waals surface area contributed by atoms with Crippen molar-refractivity contribution in [3.63, 3.8) is 0 Å². The van der Waals surface area contributed by atoms with Crippen LogP contribution in [0.15, 0.2) is 0 Å². The Kier molecular flexibility index (Phi) is 9.32. The first-order valence-corrected chi connectivity index (χ1v) is 5.81. The lowest BCUT2D eigenvalue weighted by Gasteiger charge is -2.08. The molecule has 0 bridgehead atoms.